The summed E-state index contributed by atoms with van der Waals surface area (Å²) in [7, 11) is 0. The standard InChI is InChI=1S/C13H16Cl2O2/c1-2-7-16-13-11(15)8-12(13)17-10-5-3-9(14)4-6-10/h3-6,11-13H,2,7-8H2,1H3. The van der Waals surface area contributed by atoms with E-state index in [2.05, 4.69) is 6.92 Å². The first kappa shape index (κ1) is 13.0. The Kier molecular flexibility index (Phi) is 4.55. The summed E-state index contributed by atoms with van der Waals surface area (Å²) >= 11 is 11.9. The molecule has 0 amide bonds. The lowest BCUT2D eigenvalue weighted by atomic mass is 9.91. The van der Waals surface area contributed by atoms with Crippen LogP contribution in [0.2, 0.25) is 5.02 Å². The lowest BCUT2D eigenvalue weighted by molar-refractivity contribution is -0.0797. The van der Waals surface area contributed by atoms with Crippen LogP contribution in [0.5, 0.6) is 5.75 Å². The smallest absolute Gasteiger partial charge is 0.128 e. The minimum absolute atomic E-state index is 0.00675. The molecule has 0 radical (unpaired) electrons. The number of rotatable bonds is 5. The third-order valence-electron chi connectivity index (χ3n) is 2.80. The summed E-state index contributed by atoms with van der Waals surface area (Å²) in [5.74, 6) is 0.813. The molecule has 3 unspecified atom stereocenters. The molecule has 1 aromatic rings. The predicted octanol–water partition coefficient (Wildman–Crippen LogP) is 3.89. The number of benzene rings is 1. The molecule has 0 aromatic heterocycles. The highest BCUT2D eigenvalue weighted by molar-refractivity contribution is 6.30. The summed E-state index contributed by atoms with van der Waals surface area (Å²) in [5, 5.41) is 0.777. The number of ether oxygens (including phenoxy) is 2. The fraction of sp³-hybridized carbons (Fsp3) is 0.538. The summed E-state index contributed by atoms with van der Waals surface area (Å²) in [4.78, 5) is 0. The van der Waals surface area contributed by atoms with Crippen molar-refractivity contribution in [1.29, 1.82) is 0 Å². The molecule has 0 aliphatic heterocycles. The van der Waals surface area contributed by atoms with Gasteiger partial charge in [0.15, 0.2) is 0 Å². The molecule has 0 N–H and O–H groups in total. The van der Waals surface area contributed by atoms with E-state index in [-0.39, 0.29) is 17.6 Å². The highest BCUT2D eigenvalue weighted by Gasteiger charge is 2.42. The molecule has 1 fully saturated rings. The zero-order valence-electron chi connectivity index (χ0n) is 9.74. The number of hydrogen-bond donors (Lipinski definition) is 0. The van der Waals surface area contributed by atoms with Gasteiger partial charge in [-0.15, -0.1) is 11.6 Å². The monoisotopic (exact) mass is 274 g/mol. The van der Waals surface area contributed by atoms with E-state index in [0.29, 0.717) is 5.02 Å². The van der Waals surface area contributed by atoms with Crippen LogP contribution in [-0.4, -0.2) is 24.2 Å². The van der Waals surface area contributed by atoms with Crippen molar-refractivity contribution < 1.29 is 9.47 Å². The van der Waals surface area contributed by atoms with Crippen molar-refractivity contribution in [3.63, 3.8) is 0 Å². The van der Waals surface area contributed by atoms with E-state index >= 15 is 0 Å². The summed E-state index contributed by atoms with van der Waals surface area (Å²) in [6.45, 7) is 2.81. The Balaban J connectivity index is 1.88. The van der Waals surface area contributed by atoms with Gasteiger partial charge >= 0.3 is 0 Å². The van der Waals surface area contributed by atoms with Gasteiger partial charge in [-0.3, -0.25) is 0 Å². The molecular formula is C13H16Cl2O2. The van der Waals surface area contributed by atoms with E-state index in [9.17, 15) is 0 Å². The molecule has 1 aromatic carbocycles. The van der Waals surface area contributed by atoms with Crippen LogP contribution in [0.4, 0.5) is 0 Å². The van der Waals surface area contributed by atoms with E-state index < -0.39 is 0 Å². The molecule has 1 aliphatic carbocycles. The van der Waals surface area contributed by atoms with Crippen molar-refractivity contribution in [3.8, 4) is 5.75 Å². The first-order chi connectivity index (χ1) is 8.20. The van der Waals surface area contributed by atoms with Gasteiger partial charge in [0.05, 0.1) is 5.38 Å². The Hall–Kier alpha value is -0.440. The Bertz CT molecular complexity index is 353. The molecule has 0 heterocycles. The predicted molar refractivity (Wildman–Crippen MR) is 70.2 cm³/mol. The molecule has 0 bridgehead atoms. The lowest BCUT2D eigenvalue weighted by Gasteiger charge is -2.40. The zero-order chi connectivity index (χ0) is 12.3. The molecule has 3 atom stereocenters. The van der Waals surface area contributed by atoms with E-state index in [1.807, 2.05) is 24.3 Å². The highest BCUT2D eigenvalue weighted by Crippen LogP contribution is 2.33. The summed E-state index contributed by atoms with van der Waals surface area (Å²) in [5.41, 5.74) is 0. The topological polar surface area (TPSA) is 18.5 Å². The molecule has 94 valence electrons. The van der Waals surface area contributed by atoms with Crippen LogP contribution in [0.25, 0.3) is 0 Å². The maximum atomic E-state index is 6.11. The van der Waals surface area contributed by atoms with Crippen molar-refractivity contribution in [2.45, 2.75) is 37.4 Å². The van der Waals surface area contributed by atoms with Crippen LogP contribution < -0.4 is 4.74 Å². The average molecular weight is 275 g/mol. The number of halogens is 2. The van der Waals surface area contributed by atoms with Gasteiger partial charge in [0, 0.05) is 18.1 Å². The van der Waals surface area contributed by atoms with Gasteiger partial charge in [0.25, 0.3) is 0 Å². The van der Waals surface area contributed by atoms with Crippen LogP contribution in [-0.2, 0) is 4.74 Å². The minimum atomic E-state index is 0.00675. The normalized spacial score (nSPS) is 27.6. The quantitative estimate of drug-likeness (QED) is 0.759. The second-order valence-corrected chi connectivity index (χ2v) is 5.19. The highest BCUT2D eigenvalue weighted by atomic mass is 35.5. The molecule has 1 aliphatic rings. The van der Waals surface area contributed by atoms with E-state index in [0.717, 1.165) is 25.2 Å². The maximum Gasteiger partial charge on any atom is 0.128 e. The summed E-state index contributed by atoms with van der Waals surface area (Å²) < 4.78 is 11.5. The molecule has 0 spiro atoms. The molecule has 1 saturated carbocycles. The van der Waals surface area contributed by atoms with Crippen LogP contribution in [0.15, 0.2) is 24.3 Å². The van der Waals surface area contributed by atoms with Gasteiger partial charge in [-0.2, -0.15) is 0 Å². The fourth-order valence-electron chi connectivity index (χ4n) is 1.80. The molecule has 2 nitrogen and oxygen atoms in total. The Morgan fingerprint density at radius 1 is 1.29 bits per heavy atom. The maximum absolute atomic E-state index is 6.11. The lowest BCUT2D eigenvalue weighted by Crippen LogP contribution is -2.52. The molecule has 0 saturated heterocycles. The molecule has 2 rings (SSSR count). The summed E-state index contributed by atoms with van der Waals surface area (Å²) in [6, 6.07) is 7.35. The Morgan fingerprint density at radius 3 is 2.59 bits per heavy atom. The van der Waals surface area contributed by atoms with Gasteiger partial charge < -0.3 is 9.47 Å². The van der Waals surface area contributed by atoms with Crippen LogP contribution in [0.1, 0.15) is 19.8 Å². The number of alkyl halides is 1. The fourth-order valence-corrected chi connectivity index (χ4v) is 2.33. The Morgan fingerprint density at radius 2 is 2.00 bits per heavy atom. The first-order valence-corrected chi connectivity index (χ1v) is 6.70. The van der Waals surface area contributed by atoms with Crippen molar-refractivity contribution >= 4 is 23.2 Å². The third kappa shape index (κ3) is 3.27. The van der Waals surface area contributed by atoms with Crippen molar-refractivity contribution in [2.24, 2.45) is 0 Å². The van der Waals surface area contributed by atoms with Gasteiger partial charge in [0.1, 0.15) is 18.0 Å². The SMILES string of the molecule is CCCOC1C(Cl)CC1Oc1ccc(Cl)cc1. The summed E-state index contributed by atoms with van der Waals surface area (Å²) in [6.07, 6.45) is 1.89. The zero-order valence-corrected chi connectivity index (χ0v) is 11.2. The van der Waals surface area contributed by atoms with Gasteiger partial charge in [-0.1, -0.05) is 18.5 Å². The van der Waals surface area contributed by atoms with E-state index in [4.69, 9.17) is 32.7 Å². The van der Waals surface area contributed by atoms with Gasteiger partial charge in [-0.25, -0.2) is 0 Å². The molecule has 17 heavy (non-hydrogen) atoms. The largest absolute Gasteiger partial charge is 0.488 e. The second kappa shape index (κ2) is 5.94. The minimum Gasteiger partial charge on any atom is -0.488 e. The second-order valence-electron chi connectivity index (χ2n) is 4.20. The van der Waals surface area contributed by atoms with E-state index in [1.54, 1.807) is 0 Å². The van der Waals surface area contributed by atoms with Gasteiger partial charge in [0.2, 0.25) is 0 Å². The molecule has 4 heteroatoms. The molecular weight excluding hydrogens is 259 g/mol. The first-order valence-electron chi connectivity index (χ1n) is 5.88. The average Bonchev–Trinajstić information content (AvgIpc) is 2.31. The van der Waals surface area contributed by atoms with Crippen molar-refractivity contribution in [1.82, 2.24) is 0 Å². The third-order valence-corrected chi connectivity index (χ3v) is 3.47. The van der Waals surface area contributed by atoms with Gasteiger partial charge in [-0.05, 0) is 30.7 Å². The Labute approximate surface area is 112 Å². The van der Waals surface area contributed by atoms with Crippen LogP contribution >= 0.6 is 23.2 Å². The van der Waals surface area contributed by atoms with Crippen molar-refractivity contribution in [2.75, 3.05) is 6.61 Å². The number of hydrogen-bond acceptors (Lipinski definition) is 2. The van der Waals surface area contributed by atoms with Crippen molar-refractivity contribution in [3.05, 3.63) is 29.3 Å². The van der Waals surface area contributed by atoms with E-state index in [1.165, 1.54) is 0 Å². The van der Waals surface area contributed by atoms with Crippen LogP contribution in [0.3, 0.4) is 0 Å². The van der Waals surface area contributed by atoms with Crippen LogP contribution in [0, 0.1) is 0 Å².